The Morgan fingerprint density at radius 1 is 1.31 bits per heavy atom. The molecule has 3 atom stereocenters. The number of likely N-dealkylation sites (N-methyl/N-ethyl adjacent to an activating group) is 1. The quantitative estimate of drug-likeness (QED) is 0.702. The molecule has 0 heterocycles. The predicted molar refractivity (Wildman–Crippen MR) is 69.5 cm³/mol. The van der Waals surface area contributed by atoms with Crippen molar-refractivity contribution in [2.24, 2.45) is 17.8 Å². The summed E-state index contributed by atoms with van der Waals surface area (Å²) in [6.07, 6.45) is 7.35. The molecule has 1 aliphatic rings. The summed E-state index contributed by atoms with van der Waals surface area (Å²) in [6, 6.07) is 0. The highest BCUT2D eigenvalue weighted by Gasteiger charge is 2.21. The number of rotatable bonds is 6. The summed E-state index contributed by atoms with van der Waals surface area (Å²) < 4.78 is 6.06. The molecule has 2 heteroatoms. The second-order valence-electron chi connectivity index (χ2n) is 5.35. The van der Waals surface area contributed by atoms with Crippen molar-refractivity contribution in [3.05, 3.63) is 12.2 Å². The third kappa shape index (κ3) is 4.26. The molecule has 16 heavy (non-hydrogen) atoms. The number of nitrogens with one attached hydrogen (secondary N) is 1. The first-order valence-electron chi connectivity index (χ1n) is 6.56. The number of allylic oxidation sites excluding steroid dienone is 2. The smallest absolute Gasteiger partial charge is 0.0722 e. The molecule has 0 bridgehead atoms. The zero-order chi connectivity index (χ0) is 12.0. The predicted octanol–water partition coefficient (Wildman–Crippen LogP) is 2.85. The molecule has 1 rings (SSSR count). The van der Waals surface area contributed by atoms with Gasteiger partial charge in [0.05, 0.1) is 12.7 Å². The molecule has 0 saturated carbocycles. The summed E-state index contributed by atoms with van der Waals surface area (Å²) in [5.74, 6) is 2.07. The second kappa shape index (κ2) is 7.08. The minimum Gasteiger partial charge on any atom is -0.376 e. The van der Waals surface area contributed by atoms with E-state index >= 15 is 0 Å². The summed E-state index contributed by atoms with van der Waals surface area (Å²) in [5.41, 5.74) is 0. The van der Waals surface area contributed by atoms with Crippen LogP contribution < -0.4 is 5.32 Å². The number of hydrogen-bond acceptors (Lipinski definition) is 2. The van der Waals surface area contributed by atoms with E-state index in [-0.39, 0.29) is 0 Å². The van der Waals surface area contributed by atoms with Gasteiger partial charge in [-0.05, 0) is 37.6 Å². The normalized spacial score (nSPS) is 27.3. The summed E-state index contributed by atoms with van der Waals surface area (Å²) in [7, 11) is 1.99. The highest BCUT2D eigenvalue weighted by molar-refractivity contribution is 4.93. The second-order valence-corrected chi connectivity index (χ2v) is 5.35. The van der Waals surface area contributed by atoms with Crippen LogP contribution in [0.4, 0.5) is 0 Å². The lowest BCUT2D eigenvalue weighted by Crippen LogP contribution is -2.33. The van der Waals surface area contributed by atoms with Gasteiger partial charge in [-0.15, -0.1) is 0 Å². The van der Waals surface area contributed by atoms with Crippen LogP contribution in [0.15, 0.2) is 12.2 Å². The van der Waals surface area contributed by atoms with Gasteiger partial charge in [-0.3, -0.25) is 0 Å². The third-order valence-corrected chi connectivity index (χ3v) is 3.59. The lowest BCUT2D eigenvalue weighted by Gasteiger charge is -2.29. The first kappa shape index (κ1) is 13.7. The van der Waals surface area contributed by atoms with Crippen LogP contribution in [0.2, 0.25) is 0 Å². The van der Waals surface area contributed by atoms with E-state index in [9.17, 15) is 0 Å². The van der Waals surface area contributed by atoms with E-state index in [2.05, 4.69) is 38.2 Å². The Kier molecular flexibility index (Phi) is 6.07. The van der Waals surface area contributed by atoms with Crippen LogP contribution in [-0.2, 0) is 4.74 Å². The van der Waals surface area contributed by atoms with E-state index in [4.69, 9.17) is 4.74 Å². The molecule has 0 amide bonds. The summed E-state index contributed by atoms with van der Waals surface area (Å²) in [5, 5.41) is 3.21. The first-order valence-corrected chi connectivity index (χ1v) is 6.56. The maximum atomic E-state index is 6.06. The highest BCUT2D eigenvalue weighted by atomic mass is 16.5. The van der Waals surface area contributed by atoms with Gasteiger partial charge in [-0.2, -0.15) is 0 Å². The zero-order valence-electron chi connectivity index (χ0n) is 11.2. The van der Waals surface area contributed by atoms with Crippen LogP contribution in [0, 0.1) is 17.8 Å². The number of ether oxygens (including phenoxy) is 1. The van der Waals surface area contributed by atoms with E-state index in [1.165, 1.54) is 12.8 Å². The molecule has 1 N–H and O–H groups in total. The molecule has 0 saturated heterocycles. The summed E-state index contributed by atoms with van der Waals surface area (Å²) in [6.45, 7) is 8.66. The van der Waals surface area contributed by atoms with Crippen LogP contribution in [0.3, 0.4) is 0 Å². The molecule has 3 unspecified atom stereocenters. The fraction of sp³-hybridized carbons (Fsp3) is 0.857. The third-order valence-electron chi connectivity index (χ3n) is 3.59. The van der Waals surface area contributed by atoms with Crippen molar-refractivity contribution >= 4 is 0 Å². The molecule has 0 aromatic rings. The lowest BCUT2D eigenvalue weighted by atomic mass is 9.85. The van der Waals surface area contributed by atoms with Crippen LogP contribution in [0.25, 0.3) is 0 Å². The van der Waals surface area contributed by atoms with Crippen molar-refractivity contribution in [3.8, 4) is 0 Å². The van der Waals surface area contributed by atoms with Gasteiger partial charge >= 0.3 is 0 Å². The Bertz CT molecular complexity index is 213. The van der Waals surface area contributed by atoms with Crippen molar-refractivity contribution in [3.63, 3.8) is 0 Å². The molecular formula is C14H27NO. The molecule has 0 aliphatic heterocycles. The van der Waals surface area contributed by atoms with Gasteiger partial charge < -0.3 is 10.1 Å². The average Bonchev–Trinajstić information content (AvgIpc) is 2.26. The SMILES string of the molecule is CNCC(OCC1CC=CCC1C)C(C)C. The van der Waals surface area contributed by atoms with Crippen LogP contribution in [-0.4, -0.2) is 26.3 Å². The first-order chi connectivity index (χ1) is 7.65. The molecule has 0 spiro atoms. The molecule has 1 aliphatic carbocycles. The fourth-order valence-corrected chi connectivity index (χ4v) is 2.17. The van der Waals surface area contributed by atoms with Crippen LogP contribution in [0.5, 0.6) is 0 Å². The lowest BCUT2D eigenvalue weighted by molar-refractivity contribution is -0.00625. The number of hydrogen-bond donors (Lipinski definition) is 1. The molecule has 0 aromatic heterocycles. The molecule has 94 valence electrons. The van der Waals surface area contributed by atoms with Gasteiger partial charge in [0.15, 0.2) is 0 Å². The van der Waals surface area contributed by atoms with Gasteiger partial charge in [0.2, 0.25) is 0 Å². The standard InChI is InChI=1S/C14H27NO/c1-11(2)14(9-15-4)16-10-13-8-6-5-7-12(13)3/h5-6,11-15H,7-10H2,1-4H3. The van der Waals surface area contributed by atoms with E-state index in [0.29, 0.717) is 17.9 Å². The maximum absolute atomic E-state index is 6.06. The average molecular weight is 225 g/mol. The highest BCUT2D eigenvalue weighted by Crippen LogP contribution is 2.25. The van der Waals surface area contributed by atoms with Gasteiger partial charge in [0.1, 0.15) is 0 Å². The monoisotopic (exact) mass is 225 g/mol. The largest absolute Gasteiger partial charge is 0.376 e. The maximum Gasteiger partial charge on any atom is 0.0722 e. The van der Waals surface area contributed by atoms with Crippen LogP contribution in [0.1, 0.15) is 33.6 Å². The van der Waals surface area contributed by atoms with Crippen molar-refractivity contribution in [1.82, 2.24) is 5.32 Å². The van der Waals surface area contributed by atoms with Crippen molar-refractivity contribution in [2.45, 2.75) is 39.7 Å². The Morgan fingerprint density at radius 2 is 2.00 bits per heavy atom. The van der Waals surface area contributed by atoms with E-state index in [1.807, 2.05) is 7.05 Å². The van der Waals surface area contributed by atoms with Gasteiger partial charge in [-0.1, -0.05) is 32.9 Å². The topological polar surface area (TPSA) is 21.3 Å². The zero-order valence-corrected chi connectivity index (χ0v) is 11.2. The minimum absolute atomic E-state index is 0.350. The Labute approximate surface area is 100 Å². The van der Waals surface area contributed by atoms with E-state index in [0.717, 1.165) is 19.1 Å². The van der Waals surface area contributed by atoms with Crippen LogP contribution >= 0.6 is 0 Å². The minimum atomic E-state index is 0.350. The summed E-state index contributed by atoms with van der Waals surface area (Å²) >= 11 is 0. The molecule has 0 radical (unpaired) electrons. The summed E-state index contributed by atoms with van der Waals surface area (Å²) in [4.78, 5) is 0. The molecule has 0 fully saturated rings. The van der Waals surface area contributed by atoms with Crippen molar-refractivity contribution in [2.75, 3.05) is 20.2 Å². The van der Waals surface area contributed by atoms with Gasteiger partial charge in [0.25, 0.3) is 0 Å². The molecule has 2 nitrogen and oxygen atoms in total. The van der Waals surface area contributed by atoms with Crippen molar-refractivity contribution < 1.29 is 4.74 Å². The van der Waals surface area contributed by atoms with Crippen molar-refractivity contribution in [1.29, 1.82) is 0 Å². The Balaban J connectivity index is 2.33. The van der Waals surface area contributed by atoms with E-state index < -0.39 is 0 Å². The molecule has 0 aromatic carbocycles. The Hall–Kier alpha value is -0.340. The fourth-order valence-electron chi connectivity index (χ4n) is 2.17. The van der Waals surface area contributed by atoms with E-state index in [1.54, 1.807) is 0 Å². The molecular weight excluding hydrogens is 198 g/mol. The van der Waals surface area contributed by atoms with Gasteiger partial charge in [-0.25, -0.2) is 0 Å². The van der Waals surface area contributed by atoms with Gasteiger partial charge in [0, 0.05) is 6.54 Å². The Morgan fingerprint density at radius 3 is 2.56 bits per heavy atom.